The summed E-state index contributed by atoms with van der Waals surface area (Å²) in [6.45, 7) is 10.3. The molecule has 0 aliphatic carbocycles. The zero-order valence-corrected chi connectivity index (χ0v) is 19.5. The first-order chi connectivity index (χ1) is 15.3. The van der Waals surface area contributed by atoms with Gasteiger partial charge < -0.3 is 20.9 Å². The second-order valence-electron chi connectivity index (χ2n) is 9.47. The second-order valence-corrected chi connectivity index (χ2v) is 9.47. The highest BCUT2D eigenvalue weighted by atomic mass is 16.1. The zero-order valence-electron chi connectivity index (χ0n) is 19.5. The molecule has 1 atom stereocenters. The molecular weight excluding hydrogens is 400 g/mol. The van der Waals surface area contributed by atoms with Crippen molar-refractivity contribution >= 4 is 28.2 Å². The smallest absolute Gasteiger partial charge is 0.246 e. The van der Waals surface area contributed by atoms with Gasteiger partial charge in [-0.25, -0.2) is 0 Å². The number of hydrogen-bond acceptors (Lipinski definition) is 4. The quantitative estimate of drug-likeness (QED) is 0.645. The van der Waals surface area contributed by atoms with Gasteiger partial charge in [0.15, 0.2) is 5.78 Å². The maximum absolute atomic E-state index is 12.1. The van der Waals surface area contributed by atoms with Crippen LogP contribution in [0.3, 0.4) is 0 Å². The largest absolute Gasteiger partial charge is 0.366 e. The topological polar surface area (TPSA) is 91.2 Å². The first-order valence-corrected chi connectivity index (χ1v) is 11.6. The highest BCUT2D eigenvalue weighted by Gasteiger charge is 2.26. The van der Waals surface area contributed by atoms with E-state index in [1.54, 1.807) is 6.92 Å². The summed E-state index contributed by atoms with van der Waals surface area (Å²) in [6.07, 6.45) is 6.18. The van der Waals surface area contributed by atoms with Gasteiger partial charge in [-0.05, 0) is 81.0 Å². The number of piperidine rings is 1. The summed E-state index contributed by atoms with van der Waals surface area (Å²) in [5, 5.41) is 4.68. The number of carbonyl (C=O) groups excluding carboxylic acids is 2. The molecule has 170 valence electrons. The van der Waals surface area contributed by atoms with Crippen LogP contribution in [0.2, 0.25) is 0 Å². The minimum atomic E-state index is -0.452. The van der Waals surface area contributed by atoms with Crippen molar-refractivity contribution in [2.75, 3.05) is 19.6 Å². The van der Waals surface area contributed by atoms with Gasteiger partial charge >= 0.3 is 0 Å². The third-order valence-electron chi connectivity index (χ3n) is 6.93. The molecule has 0 spiro atoms. The number of hydrogen-bond donors (Lipinski definition) is 3. The van der Waals surface area contributed by atoms with E-state index in [0.717, 1.165) is 42.7 Å². The van der Waals surface area contributed by atoms with Gasteiger partial charge in [0.1, 0.15) is 0 Å². The summed E-state index contributed by atoms with van der Waals surface area (Å²) < 4.78 is 0. The number of aromatic amines is 1. The van der Waals surface area contributed by atoms with E-state index < -0.39 is 5.91 Å². The average molecular weight is 435 g/mol. The van der Waals surface area contributed by atoms with Crippen molar-refractivity contribution in [3.05, 3.63) is 52.9 Å². The van der Waals surface area contributed by atoms with Crippen molar-refractivity contribution in [1.29, 1.82) is 0 Å². The van der Waals surface area contributed by atoms with Gasteiger partial charge in [0, 0.05) is 34.8 Å². The van der Waals surface area contributed by atoms with E-state index in [1.807, 2.05) is 24.1 Å². The van der Waals surface area contributed by atoms with Crippen LogP contribution >= 0.6 is 0 Å². The molecule has 0 bridgehead atoms. The molecule has 3 heterocycles. The summed E-state index contributed by atoms with van der Waals surface area (Å²) in [6, 6.07) is 6.44. The minimum Gasteiger partial charge on any atom is -0.366 e. The van der Waals surface area contributed by atoms with Crippen LogP contribution in [0.4, 0.5) is 0 Å². The molecule has 0 radical (unpaired) electrons. The molecule has 32 heavy (non-hydrogen) atoms. The summed E-state index contributed by atoms with van der Waals surface area (Å²) >= 11 is 0. The van der Waals surface area contributed by atoms with Crippen molar-refractivity contribution in [2.45, 2.75) is 58.4 Å². The number of aromatic nitrogens is 1. The Hall–Kier alpha value is -2.86. The molecule has 2 aliphatic rings. The Labute approximate surface area is 189 Å². The lowest BCUT2D eigenvalue weighted by molar-refractivity contribution is -0.121. The Bertz CT molecular complexity index is 1100. The second kappa shape index (κ2) is 8.94. The van der Waals surface area contributed by atoms with Crippen molar-refractivity contribution in [3.63, 3.8) is 0 Å². The Balaban J connectivity index is 1.83. The molecule has 1 saturated heterocycles. The molecule has 1 aromatic carbocycles. The van der Waals surface area contributed by atoms with Crippen molar-refractivity contribution < 1.29 is 9.59 Å². The molecule has 1 aromatic heterocycles. The summed E-state index contributed by atoms with van der Waals surface area (Å²) in [7, 11) is 0. The number of rotatable bonds is 6. The van der Waals surface area contributed by atoms with E-state index >= 15 is 0 Å². The Morgan fingerprint density at radius 3 is 2.50 bits per heavy atom. The number of H-pyrrole nitrogens is 1. The number of carbonyl (C=O) groups is 2. The highest BCUT2D eigenvalue weighted by molar-refractivity contribution is 5.99. The van der Waals surface area contributed by atoms with E-state index in [1.165, 1.54) is 16.5 Å². The number of fused-ring (bicyclic) bond motifs is 1. The van der Waals surface area contributed by atoms with Gasteiger partial charge in [0.05, 0.1) is 11.7 Å². The van der Waals surface area contributed by atoms with Gasteiger partial charge in [0.2, 0.25) is 5.91 Å². The number of primary amides is 1. The fraction of sp³-hybridized carbons (Fsp3) is 0.462. The van der Waals surface area contributed by atoms with Gasteiger partial charge in [0.25, 0.3) is 0 Å². The number of benzene rings is 1. The standard InChI is InChI=1S/C26H34N4O2/c1-15(2)24-22-12-19(18-7-9-28-10-8-18)5-6-23(22)29-25(24)20-11-21(26(27)32)14-30(13-20)16(3)17(4)31/h5-6,11-13,15-16,18,28-29H,7-10,14H2,1-4H3,(H2,27,32). The Kier molecular flexibility index (Phi) is 6.24. The van der Waals surface area contributed by atoms with Crippen molar-refractivity contribution in [3.8, 4) is 0 Å². The average Bonchev–Trinajstić information content (AvgIpc) is 3.17. The lowest BCUT2D eigenvalue weighted by atomic mass is 9.88. The van der Waals surface area contributed by atoms with E-state index in [4.69, 9.17) is 5.73 Å². The predicted octanol–water partition coefficient (Wildman–Crippen LogP) is 3.80. The van der Waals surface area contributed by atoms with E-state index in [-0.39, 0.29) is 17.7 Å². The van der Waals surface area contributed by atoms with Gasteiger partial charge in [-0.15, -0.1) is 0 Å². The first kappa shape index (κ1) is 22.3. The lowest BCUT2D eigenvalue weighted by Crippen LogP contribution is -2.39. The lowest BCUT2D eigenvalue weighted by Gasteiger charge is -2.30. The number of ketones is 1. The molecule has 2 aromatic rings. The van der Waals surface area contributed by atoms with Crippen LogP contribution in [0.5, 0.6) is 0 Å². The van der Waals surface area contributed by atoms with Crippen molar-refractivity contribution in [1.82, 2.24) is 15.2 Å². The number of amides is 1. The van der Waals surface area contributed by atoms with Crippen LogP contribution < -0.4 is 11.1 Å². The van der Waals surface area contributed by atoms with Crippen LogP contribution in [0.15, 0.2) is 36.0 Å². The molecule has 0 saturated carbocycles. The van der Waals surface area contributed by atoms with Crippen LogP contribution in [-0.2, 0) is 9.59 Å². The summed E-state index contributed by atoms with van der Waals surface area (Å²) in [4.78, 5) is 29.6. The monoisotopic (exact) mass is 434 g/mol. The third-order valence-corrected chi connectivity index (χ3v) is 6.93. The number of nitrogens with one attached hydrogen (secondary N) is 2. The number of allylic oxidation sites excluding steroid dienone is 2. The maximum atomic E-state index is 12.1. The van der Waals surface area contributed by atoms with Crippen LogP contribution in [-0.4, -0.2) is 47.3 Å². The maximum Gasteiger partial charge on any atom is 0.246 e. The number of nitrogens with two attached hydrogens (primary N) is 1. The van der Waals surface area contributed by atoms with Crippen LogP contribution in [0.1, 0.15) is 69.2 Å². The molecule has 4 N–H and O–H groups in total. The third kappa shape index (κ3) is 4.24. The normalized spacial score (nSPS) is 18.6. The first-order valence-electron chi connectivity index (χ1n) is 11.6. The summed E-state index contributed by atoms with van der Waals surface area (Å²) in [5.74, 6) is 0.473. The number of nitrogens with zero attached hydrogens (tertiary/aromatic N) is 1. The van der Waals surface area contributed by atoms with E-state index in [0.29, 0.717) is 18.0 Å². The van der Waals surface area contributed by atoms with Gasteiger partial charge in [-0.3, -0.25) is 9.59 Å². The zero-order chi connectivity index (χ0) is 23.0. The SMILES string of the molecule is CC(=O)C(C)N1C=C(c2[nH]c3ccc(C4CCNCC4)cc3c2C(C)C)C=C(C(N)=O)C1. The predicted molar refractivity (Wildman–Crippen MR) is 129 cm³/mol. The Morgan fingerprint density at radius 2 is 1.88 bits per heavy atom. The molecule has 6 heteroatoms. The Morgan fingerprint density at radius 1 is 1.16 bits per heavy atom. The fourth-order valence-electron chi connectivity index (χ4n) is 4.93. The van der Waals surface area contributed by atoms with E-state index in [9.17, 15) is 9.59 Å². The number of Topliss-reactive ketones (excluding diaryl/α,β-unsaturated/α-hetero) is 1. The molecule has 1 amide bonds. The van der Waals surface area contributed by atoms with Crippen LogP contribution in [0, 0.1) is 0 Å². The van der Waals surface area contributed by atoms with E-state index in [2.05, 4.69) is 42.3 Å². The summed E-state index contributed by atoms with van der Waals surface area (Å²) in [5.41, 5.74) is 11.8. The van der Waals surface area contributed by atoms with Gasteiger partial charge in [-0.2, -0.15) is 0 Å². The van der Waals surface area contributed by atoms with Gasteiger partial charge in [-0.1, -0.05) is 19.9 Å². The molecule has 4 rings (SSSR count). The minimum absolute atomic E-state index is 0.0543. The van der Waals surface area contributed by atoms with Crippen LogP contribution in [0.25, 0.3) is 16.5 Å². The molecule has 1 fully saturated rings. The molecule has 6 nitrogen and oxygen atoms in total. The molecular formula is C26H34N4O2. The molecule has 1 unspecified atom stereocenters. The molecule has 2 aliphatic heterocycles. The fourth-order valence-corrected chi connectivity index (χ4v) is 4.93. The van der Waals surface area contributed by atoms with Crippen molar-refractivity contribution in [2.24, 2.45) is 5.73 Å². The highest BCUT2D eigenvalue weighted by Crippen LogP contribution is 2.37.